The van der Waals surface area contributed by atoms with Crippen LogP contribution in [0.25, 0.3) is 0 Å². The molecule has 0 radical (unpaired) electrons. The largest absolute Gasteiger partial charge is 0.379 e. The van der Waals surface area contributed by atoms with E-state index in [4.69, 9.17) is 18.9 Å². The third-order valence-corrected chi connectivity index (χ3v) is 2.65. The lowest BCUT2D eigenvalue weighted by Gasteiger charge is -2.07. The fraction of sp³-hybridized carbons (Fsp3) is 0.867. The second-order valence-corrected chi connectivity index (χ2v) is 4.47. The molecule has 0 rings (SSSR count). The highest BCUT2D eigenvalue weighted by Gasteiger charge is 2.01. The Morgan fingerprint density at radius 2 is 1.50 bits per heavy atom. The molecule has 1 N–H and O–H groups in total. The van der Waals surface area contributed by atoms with Crippen LogP contribution in [0, 0.1) is 0 Å². The van der Waals surface area contributed by atoms with Crippen LogP contribution < -0.4 is 5.32 Å². The lowest BCUT2D eigenvalue weighted by Crippen LogP contribution is -2.28. The van der Waals surface area contributed by atoms with Crippen molar-refractivity contribution in [3.8, 4) is 0 Å². The molecule has 0 aliphatic rings. The predicted molar refractivity (Wildman–Crippen MR) is 84.0 cm³/mol. The Labute approximate surface area is 134 Å². The van der Waals surface area contributed by atoms with Crippen molar-refractivity contribution < 1.29 is 30.0 Å². The summed E-state index contributed by atoms with van der Waals surface area (Å²) in [5.41, 5.74) is 0. The molecule has 7 nitrogen and oxygen atoms in total. The predicted octanol–water partition coefficient (Wildman–Crippen LogP) is 0.804. The van der Waals surface area contributed by atoms with Gasteiger partial charge in [-0.1, -0.05) is 6.92 Å². The molecule has 0 aliphatic carbocycles. The molecule has 0 saturated heterocycles. The van der Waals surface area contributed by atoms with E-state index in [2.05, 4.69) is 5.32 Å². The number of rotatable bonds is 16. The van der Waals surface area contributed by atoms with Crippen molar-refractivity contribution in [2.75, 3.05) is 59.4 Å². The van der Waals surface area contributed by atoms with Gasteiger partial charge >= 0.3 is 0 Å². The van der Waals surface area contributed by atoms with Crippen LogP contribution in [0.2, 0.25) is 0 Å². The van der Waals surface area contributed by atoms with Gasteiger partial charge in [0.2, 0.25) is 5.91 Å². The van der Waals surface area contributed by atoms with Gasteiger partial charge in [0.25, 0.3) is 0 Å². The molecular weight excluding hydrogens is 290 g/mol. The molecule has 0 atom stereocenters. The number of amides is 1. The van der Waals surface area contributed by atoms with Crippen molar-refractivity contribution in [3.63, 3.8) is 0 Å². The Hall–Kier alpha value is -1.02. The van der Waals surface area contributed by atoms with Gasteiger partial charge in [-0.3, -0.25) is 9.59 Å². The summed E-state index contributed by atoms with van der Waals surface area (Å²) < 4.78 is 20.7. The van der Waals surface area contributed by atoms with Gasteiger partial charge < -0.3 is 24.3 Å². The first kappa shape index (κ1) is 21.0. The Morgan fingerprint density at radius 3 is 2.18 bits per heavy atom. The van der Waals surface area contributed by atoms with Crippen LogP contribution in [0.1, 0.15) is 28.1 Å². The van der Waals surface area contributed by atoms with Crippen LogP contribution in [-0.2, 0) is 28.5 Å². The maximum absolute atomic E-state index is 11.4. The van der Waals surface area contributed by atoms with E-state index in [0.29, 0.717) is 65.6 Å². The van der Waals surface area contributed by atoms with Crippen molar-refractivity contribution in [1.82, 2.24) is 5.32 Å². The fourth-order valence-electron chi connectivity index (χ4n) is 1.39. The molecule has 7 heteroatoms. The highest BCUT2D eigenvalue weighted by Crippen LogP contribution is 1.86. The lowest BCUT2D eigenvalue weighted by atomic mass is 10.3. The molecule has 1 amide bonds. The van der Waals surface area contributed by atoms with Gasteiger partial charge in [-0.05, 0) is 6.92 Å². The average molecular weight is 321 g/mol. The maximum atomic E-state index is 11.4. The summed E-state index contributed by atoms with van der Waals surface area (Å²) in [6.45, 7) is 7.64. The number of ether oxygens (including phenoxy) is 4. The SMILES string of the molecule is CCOCCOCCC(=O)NCCOCCOCC(=O)CC.[HH]. The van der Waals surface area contributed by atoms with Gasteiger partial charge in [-0.15, -0.1) is 0 Å². The van der Waals surface area contributed by atoms with Crippen molar-refractivity contribution >= 4 is 11.7 Å². The number of Topliss-reactive ketones (excluding diaryl/α,β-unsaturated/α-hetero) is 1. The lowest BCUT2D eigenvalue weighted by molar-refractivity contribution is -0.124. The first-order chi connectivity index (χ1) is 10.7. The standard InChI is InChI=1S/C15H29NO6.H2/c1-3-14(17)13-22-12-11-21-8-6-16-15(18)5-7-20-10-9-19-4-2;/h3-13H2,1-2H3,(H,16,18);1H. The molecule has 0 heterocycles. The second-order valence-electron chi connectivity index (χ2n) is 4.47. The smallest absolute Gasteiger partial charge is 0.222 e. The molecule has 0 aliphatic heterocycles. The molecule has 0 saturated carbocycles. The van der Waals surface area contributed by atoms with Crippen molar-refractivity contribution in [2.45, 2.75) is 26.7 Å². The molecule has 0 bridgehead atoms. The quantitative estimate of drug-likeness (QED) is 0.424. The van der Waals surface area contributed by atoms with Crippen molar-refractivity contribution in [1.29, 1.82) is 0 Å². The van der Waals surface area contributed by atoms with Gasteiger partial charge in [0.15, 0.2) is 5.78 Å². The van der Waals surface area contributed by atoms with E-state index in [1.807, 2.05) is 6.92 Å². The Kier molecular flexibility index (Phi) is 15.6. The number of carbonyl (C=O) groups is 2. The van der Waals surface area contributed by atoms with E-state index >= 15 is 0 Å². The first-order valence-corrected chi connectivity index (χ1v) is 7.80. The number of hydrogen-bond donors (Lipinski definition) is 1. The maximum Gasteiger partial charge on any atom is 0.222 e. The highest BCUT2D eigenvalue weighted by molar-refractivity contribution is 5.79. The van der Waals surface area contributed by atoms with E-state index in [-0.39, 0.29) is 19.7 Å². The van der Waals surface area contributed by atoms with Crippen molar-refractivity contribution in [3.05, 3.63) is 0 Å². The van der Waals surface area contributed by atoms with Crippen LogP contribution >= 0.6 is 0 Å². The summed E-state index contributed by atoms with van der Waals surface area (Å²) in [6.07, 6.45) is 0.816. The van der Waals surface area contributed by atoms with Gasteiger partial charge in [0.05, 0.1) is 39.6 Å². The van der Waals surface area contributed by atoms with Gasteiger partial charge in [-0.25, -0.2) is 0 Å². The summed E-state index contributed by atoms with van der Waals surface area (Å²) in [4.78, 5) is 22.4. The molecule has 0 aromatic rings. The molecular formula is C15H31NO6. The monoisotopic (exact) mass is 321 g/mol. The van der Waals surface area contributed by atoms with Crippen molar-refractivity contribution in [2.24, 2.45) is 0 Å². The molecule has 0 aromatic heterocycles. The third kappa shape index (κ3) is 15.4. The first-order valence-electron chi connectivity index (χ1n) is 7.80. The molecule has 0 aromatic carbocycles. The average Bonchev–Trinajstić information content (AvgIpc) is 2.52. The van der Waals surface area contributed by atoms with E-state index in [1.54, 1.807) is 6.92 Å². The van der Waals surface area contributed by atoms with Crippen LogP contribution in [0.15, 0.2) is 0 Å². The minimum atomic E-state index is -0.0650. The second kappa shape index (κ2) is 16.4. The minimum Gasteiger partial charge on any atom is -0.379 e. The Bertz CT molecular complexity index is 291. The fourth-order valence-corrected chi connectivity index (χ4v) is 1.39. The molecule has 132 valence electrons. The summed E-state index contributed by atoms with van der Waals surface area (Å²) in [5, 5.41) is 2.73. The molecule has 22 heavy (non-hydrogen) atoms. The molecule has 0 fully saturated rings. The van der Waals surface area contributed by atoms with Gasteiger partial charge in [0.1, 0.15) is 6.61 Å². The normalized spacial score (nSPS) is 10.6. The van der Waals surface area contributed by atoms with E-state index < -0.39 is 0 Å². The van der Waals surface area contributed by atoms with Gasteiger partial charge in [-0.2, -0.15) is 0 Å². The Balaban J connectivity index is 0. The zero-order valence-corrected chi connectivity index (χ0v) is 13.7. The van der Waals surface area contributed by atoms with E-state index in [1.165, 1.54) is 0 Å². The summed E-state index contributed by atoms with van der Waals surface area (Å²) in [5.74, 6) is 0.0144. The number of hydrogen-bond acceptors (Lipinski definition) is 6. The van der Waals surface area contributed by atoms with Crippen LogP contribution in [-0.4, -0.2) is 71.1 Å². The summed E-state index contributed by atoms with van der Waals surface area (Å²) in [7, 11) is 0. The van der Waals surface area contributed by atoms with Crippen LogP contribution in [0.5, 0.6) is 0 Å². The van der Waals surface area contributed by atoms with Crippen LogP contribution in [0.3, 0.4) is 0 Å². The number of nitrogens with one attached hydrogen (secondary N) is 1. The zero-order valence-electron chi connectivity index (χ0n) is 13.7. The molecule has 0 spiro atoms. The van der Waals surface area contributed by atoms with Crippen LogP contribution in [0.4, 0.5) is 0 Å². The zero-order chi connectivity index (χ0) is 16.5. The highest BCUT2D eigenvalue weighted by atomic mass is 16.5. The number of carbonyl (C=O) groups excluding carboxylic acids is 2. The van der Waals surface area contributed by atoms with Gasteiger partial charge in [0, 0.05) is 27.4 Å². The molecule has 0 unspecified atom stereocenters. The summed E-state index contributed by atoms with van der Waals surface area (Å²) in [6, 6.07) is 0. The third-order valence-electron chi connectivity index (χ3n) is 2.65. The number of ketones is 1. The Morgan fingerprint density at radius 1 is 0.864 bits per heavy atom. The van der Waals surface area contributed by atoms with E-state index in [0.717, 1.165) is 0 Å². The minimum absolute atomic E-state index is 0. The topological polar surface area (TPSA) is 83.1 Å². The van der Waals surface area contributed by atoms with E-state index in [9.17, 15) is 9.59 Å². The summed E-state index contributed by atoms with van der Waals surface area (Å²) >= 11 is 0.